The lowest BCUT2D eigenvalue weighted by Gasteiger charge is -2.11. The highest BCUT2D eigenvalue weighted by atomic mass is 35.5. The summed E-state index contributed by atoms with van der Waals surface area (Å²) in [6.07, 6.45) is 1.48. The van der Waals surface area contributed by atoms with Gasteiger partial charge in [-0.25, -0.2) is 0 Å². The number of ketones is 1. The first kappa shape index (κ1) is 20.9. The van der Waals surface area contributed by atoms with E-state index in [0.717, 1.165) is 0 Å². The van der Waals surface area contributed by atoms with Gasteiger partial charge in [-0.15, -0.1) is 0 Å². The van der Waals surface area contributed by atoms with Crippen molar-refractivity contribution < 1.29 is 19.2 Å². The number of benzene rings is 3. The number of hydrogen-bond donors (Lipinski definition) is 0. The Morgan fingerprint density at radius 2 is 1.81 bits per heavy atom. The van der Waals surface area contributed by atoms with E-state index in [1.54, 1.807) is 49.4 Å². The van der Waals surface area contributed by atoms with Gasteiger partial charge in [0.25, 0.3) is 5.69 Å². The zero-order valence-corrected chi connectivity index (χ0v) is 17.7. The molecule has 0 atom stereocenters. The summed E-state index contributed by atoms with van der Waals surface area (Å²) in [5, 5.41) is 12.0. The lowest BCUT2D eigenvalue weighted by atomic mass is 10.0. The Hall–Kier alpha value is -3.35. The Balaban J connectivity index is 1.59. The van der Waals surface area contributed by atoms with Crippen LogP contribution in [0.2, 0.25) is 10.0 Å². The molecule has 0 unspecified atom stereocenters. The van der Waals surface area contributed by atoms with Crippen LogP contribution in [0, 0.1) is 17.0 Å². The van der Waals surface area contributed by atoms with Crippen molar-refractivity contribution in [3.05, 3.63) is 103 Å². The monoisotopic (exact) mass is 455 g/mol. The van der Waals surface area contributed by atoms with E-state index in [1.807, 2.05) is 0 Å². The maximum Gasteiger partial charge on any atom is 0.270 e. The topological polar surface area (TPSA) is 78.7 Å². The fraction of sp³-hybridized carbons (Fsp3) is 0.0870. The van der Waals surface area contributed by atoms with Crippen LogP contribution in [0.5, 0.6) is 11.5 Å². The Morgan fingerprint density at radius 1 is 1.10 bits per heavy atom. The third-order valence-electron chi connectivity index (χ3n) is 4.77. The highest BCUT2D eigenvalue weighted by Gasteiger charge is 2.30. The van der Waals surface area contributed by atoms with Crippen LogP contribution < -0.4 is 9.47 Å². The molecule has 0 spiro atoms. The number of nitro benzene ring substituents is 1. The summed E-state index contributed by atoms with van der Waals surface area (Å²) in [7, 11) is 0. The van der Waals surface area contributed by atoms with Gasteiger partial charge in [0.05, 0.1) is 10.5 Å². The number of allylic oxidation sites excluding steroid dienone is 1. The van der Waals surface area contributed by atoms with Crippen LogP contribution in [-0.2, 0) is 6.61 Å². The van der Waals surface area contributed by atoms with Crippen LogP contribution in [0.4, 0.5) is 5.69 Å². The minimum Gasteiger partial charge on any atom is -0.489 e. The number of ether oxygens (including phenoxy) is 2. The molecule has 0 radical (unpaired) electrons. The molecular formula is C23H15Cl2NO5. The predicted octanol–water partition coefficient (Wildman–Crippen LogP) is 6.41. The van der Waals surface area contributed by atoms with Gasteiger partial charge in [0.2, 0.25) is 5.78 Å². The van der Waals surface area contributed by atoms with E-state index in [9.17, 15) is 14.9 Å². The molecule has 1 heterocycles. The normalized spacial score (nSPS) is 13.8. The quantitative estimate of drug-likeness (QED) is 0.252. The summed E-state index contributed by atoms with van der Waals surface area (Å²) in [6.45, 7) is 1.94. The Bertz CT molecular complexity index is 1230. The molecule has 0 amide bonds. The summed E-state index contributed by atoms with van der Waals surface area (Å²) in [5.41, 5.74) is 2.20. The van der Waals surface area contributed by atoms with Crippen molar-refractivity contribution in [1.82, 2.24) is 0 Å². The molecule has 0 aliphatic carbocycles. The number of Topliss-reactive ketones (excluding diaryl/α,β-unsaturated/α-hetero) is 1. The van der Waals surface area contributed by atoms with E-state index in [0.29, 0.717) is 43.8 Å². The fourth-order valence-corrected chi connectivity index (χ4v) is 3.77. The third kappa shape index (κ3) is 4.26. The van der Waals surface area contributed by atoms with Gasteiger partial charge >= 0.3 is 0 Å². The molecule has 0 saturated carbocycles. The SMILES string of the molecule is Cc1cc(OCc2c(Cl)cccc2Cl)cc2c1C(=O)/C(=C/c1cccc([N+](=O)[O-])c1)O2. The first-order valence-electron chi connectivity index (χ1n) is 9.22. The van der Waals surface area contributed by atoms with Gasteiger partial charge in [0, 0.05) is 33.8 Å². The third-order valence-corrected chi connectivity index (χ3v) is 5.48. The lowest BCUT2D eigenvalue weighted by Crippen LogP contribution is -2.00. The van der Waals surface area contributed by atoms with Gasteiger partial charge in [0.1, 0.15) is 18.1 Å². The molecule has 0 N–H and O–H groups in total. The molecule has 3 aromatic carbocycles. The van der Waals surface area contributed by atoms with Crippen molar-refractivity contribution in [2.24, 2.45) is 0 Å². The van der Waals surface area contributed by atoms with Crippen LogP contribution >= 0.6 is 23.2 Å². The number of nitro groups is 1. The summed E-state index contributed by atoms with van der Waals surface area (Å²) in [6, 6.07) is 14.5. The number of carbonyl (C=O) groups excluding carboxylic acids is 1. The van der Waals surface area contributed by atoms with Crippen molar-refractivity contribution in [2.45, 2.75) is 13.5 Å². The fourth-order valence-electron chi connectivity index (χ4n) is 3.27. The smallest absolute Gasteiger partial charge is 0.270 e. The molecular weight excluding hydrogens is 441 g/mol. The van der Waals surface area contributed by atoms with Crippen LogP contribution in [-0.4, -0.2) is 10.7 Å². The highest BCUT2D eigenvalue weighted by Crippen LogP contribution is 2.38. The van der Waals surface area contributed by atoms with Crippen molar-refractivity contribution in [1.29, 1.82) is 0 Å². The maximum absolute atomic E-state index is 12.8. The molecule has 0 bridgehead atoms. The predicted molar refractivity (Wildman–Crippen MR) is 118 cm³/mol. The van der Waals surface area contributed by atoms with Gasteiger partial charge in [-0.05, 0) is 42.3 Å². The van der Waals surface area contributed by atoms with E-state index in [-0.39, 0.29) is 23.8 Å². The molecule has 156 valence electrons. The van der Waals surface area contributed by atoms with Crippen LogP contribution in [0.15, 0.2) is 60.4 Å². The zero-order valence-electron chi connectivity index (χ0n) is 16.2. The number of hydrogen-bond acceptors (Lipinski definition) is 5. The molecule has 31 heavy (non-hydrogen) atoms. The number of nitrogens with zero attached hydrogens (tertiary/aromatic N) is 1. The van der Waals surface area contributed by atoms with E-state index in [2.05, 4.69) is 0 Å². The average molecular weight is 456 g/mol. The Morgan fingerprint density at radius 3 is 2.52 bits per heavy atom. The molecule has 1 aliphatic rings. The minimum atomic E-state index is -0.493. The summed E-state index contributed by atoms with van der Waals surface area (Å²) >= 11 is 12.4. The highest BCUT2D eigenvalue weighted by molar-refractivity contribution is 6.35. The number of halogens is 2. The van der Waals surface area contributed by atoms with Crippen LogP contribution in [0.25, 0.3) is 6.08 Å². The Kier molecular flexibility index (Phi) is 5.67. The lowest BCUT2D eigenvalue weighted by molar-refractivity contribution is -0.384. The van der Waals surface area contributed by atoms with Crippen molar-refractivity contribution in [2.75, 3.05) is 0 Å². The number of non-ortho nitro benzene ring substituents is 1. The van der Waals surface area contributed by atoms with Gasteiger partial charge in [-0.1, -0.05) is 41.4 Å². The Labute approximate surface area is 187 Å². The number of rotatable bonds is 5. The van der Waals surface area contributed by atoms with Gasteiger partial charge in [0.15, 0.2) is 5.76 Å². The summed E-state index contributed by atoms with van der Waals surface area (Å²) < 4.78 is 11.6. The molecule has 4 rings (SSSR count). The van der Waals surface area contributed by atoms with E-state index < -0.39 is 4.92 Å². The second kappa shape index (κ2) is 8.41. The first-order valence-corrected chi connectivity index (χ1v) is 9.98. The largest absolute Gasteiger partial charge is 0.489 e. The molecule has 0 fully saturated rings. The number of carbonyl (C=O) groups is 1. The van der Waals surface area contributed by atoms with Crippen molar-refractivity contribution >= 4 is 40.7 Å². The number of fused-ring (bicyclic) bond motifs is 1. The molecule has 0 aromatic heterocycles. The standard InChI is InChI=1S/C23H15Cl2NO5/c1-13-8-16(30-12-17-18(24)6-3-7-19(17)25)11-20-22(13)23(27)21(31-20)10-14-4-2-5-15(9-14)26(28)29/h2-11H,12H2,1H3/b21-10-. The number of aryl methyl sites for hydroxylation is 1. The van der Waals surface area contributed by atoms with Crippen LogP contribution in [0.1, 0.15) is 27.0 Å². The average Bonchev–Trinajstić information content (AvgIpc) is 3.03. The summed E-state index contributed by atoms with van der Waals surface area (Å²) in [5.74, 6) is 0.656. The molecule has 0 saturated heterocycles. The molecule has 1 aliphatic heterocycles. The van der Waals surface area contributed by atoms with Crippen LogP contribution in [0.3, 0.4) is 0 Å². The van der Waals surface area contributed by atoms with E-state index in [4.69, 9.17) is 32.7 Å². The van der Waals surface area contributed by atoms with Crippen molar-refractivity contribution in [3.8, 4) is 11.5 Å². The van der Waals surface area contributed by atoms with Gasteiger partial charge in [-0.3, -0.25) is 14.9 Å². The second-order valence-corrected chi connectivity index (χ2v) is 7.71. The second-order valence-electron chi connectivity index (χ2n) is 6.89. The van der Waals surface area contributed by atoms with Gasteiger partial charge in [-0.2, -0.15) is 0 Å². The molecule has 3 aromatic rings. The van der Waals surface area contributed by atoms with Crippen molar-refractivity contribution in [3.63, 3.8) is 0 Å². The molecule has 8 heteroatoms. The van der Waals surface area contributed by atoms with Gasteiger partial charge < -0.3 is 9.47 Å². The first-order chi connectivity index (χ1) is 14.8. The van der Waals surface area contributed by atoms with E-state index >= 15 is 0 Å². The summed E-state index contributed by atoms with van der Waals surface area (Å²) in [4.78, 5) is 23.3. The maximum atomic E-state index is 12.8. The zero-order chi connectivity index (χ0) is 22.1. The van der Waals surface area contributed by atoms with E-state index in [1.165, 1.54) is 18.2 Å². The minimum absolute atomic E-state index is 0.0672. The molecule has 6 nitrogen and oxygen atoms in total.